The molecule has 0 spiro atoms. The average molecular weight is 837 g/mol. The van der Waals surface area contributed by atoms with Crippen molar-refractivity contribution in [1.29, 1.82) is 0 Å². The third-order valence-electron chi connectivity index (χ3n) is 11.4. The van der Waals surface area contributed by atoms with Gasteiger partial charge in [-0.05, 0) is 54.0 Å². The Morgan fingerprint density at radius 2 is 1.62 bits per heavy atom. The minimum atomic E-state index is -2.29. The minimum absolute atomic E-state index is 0.0215. The standard InChI is InChI=1S/C47H64O13/c1-5-6-7-8-12-15-41(50)59-45-35(27-42(51)54-4)26-38-29-39(31-48)57-43(52)28-36(49)21-24-55-40(34-18-16-33(17-19-34)32-13-10-9-11-14-32)30-37-22-25-56-44(58-37)20-23-46(2,3)47(45,53)60-38/h9-11,13-14,16-20,23,27,36-40,44-45,48-49,53H,5-8,12,15,21-22,24-26,28-31H2,1-4H3/b23-20+,35-27+/t36-,37+,38+,39-,40+,44+,45+,47-/m1/s1. The zero-order valence-electron chi connectivity index (χ0n) is 35.5. The van der Waals surface area contributed by atoms with Crippen LogP contribution in [0.2, 0.25) is 0 Å². The van der Waals surface area contributed by atoms with Crippen LogP contribution in [-0.4, -0.2) is 103 Å². The molecule has 0 amide bonds. The van der Waals surface area contributed by atoms with E-state index < -0.39 is 72.5 Å². The quantitative estimate of drug-likeness (QED) is 0.0708. The van der Waals surface area contributed by atoms with E-state index in [-0.39, 0.29) is 50.4 Å². The summed E-state index contributed by atoms with van der Waals surface area (Å²) in [6, 6.07) is 18.2. The maximum atomic E-state index is 13.4. The highest BCUT2D eigenvalue weighted by Crippen LogP contribution is 2.47. The molecule has 3 aliphatic heterocycles. The highest BCUT2D eigenvalue weighted by Gasteiger charge is 2.57. The van der Waals surface area contributed by atoms with Crippen LogP contribution in [0, 0.1) is 5.41 Å². The summed E-state index contributed by atoms with van der Waals surface area (Å²) in [7, 11) is 1.22. The molecule has 0 saturated carbocycles. The molecule has 3 N–H and O–H groups in total. The Balaban J connectivity index is 1.46. The number of ether oxygens (including phenoxy) is 7. The van der Waals surface area contributed by atoms with Crippen molar-refractivity contribution in [1.82, 2.24) is 0 Å². The summed E-state index contributed by atoms with van der Waals surface area (Å²) in [6.45, 7) is 5.47. The summed E-state index contributed by atoms with van der Waals surface area (Å²) >= 11 is 0. The number of methoxy groups -OCH3 is 1. The molecule has 0 aromatic heterocycles. The lowest BCUT2D eigenvalue weighted by atomic mass is 9.74. The number of carbonyl (C=O) groups is 3. The Labute approximate surface area is 354 Å². The second kappa shape index (κ2) is 22.8. The van der Waals surface area contributed by atoms with E-state index in [2.05, 4.69) is 6.92 Å². The number of aliphatic hydroxyl groups excluding tert-OH is 2. The SMILES string of the molecule is CCCCCCCC(=O)O[C@H]1/C(=C/C(=O)OC)C[C@H]2C[C@H](CO)OC(=O)C[C@H](O)CCO[C@H](c3ccc(-c4ccccc4)cc3)C[C@@H]3CCO[C@H](/C=C/C(C)(C)[C@]1(O)O2)O3. The Bertz CT molecular complexity index is 1720. The van der Waals surface area contributed by atoms with Crippen molar-refractivity contribution in [2.24, 2.45) is 5.41 Å². The number of fused-ring (bicyclic) bond motifs is 4. The number of cyclic esters (lactones) is 1. The fraction of sp³-hybridized carbons (Fsp3) is 0.596. The minimum Gasteiger partial charge on any atom is -0.466 e. The topological polar surface area (TPSA) is 177 Å². The van der Waals surface area contributed by atoms with Crippen LogP contribution in [0.1, 0.15) is 109 Å². The molecule has 330 valence electrons. The maximum Gasteiger partial charge on any atom is 0.330 e. The second-order valence-electron chi connectivity index (χ2n) is 16.5. The largest absolute Gasteiger partial charge is 0.466 e. The molecule has 13 heteroatoms. The molecule has 2 aromatic carbocycles. The first-order valence-corrected chi connectivity index (χ1v) is 21.4. The third-order valence-corrected chi connectivity index (χ3v) is 11.4. The molecule has 8 atom stereocenters. The Morgan fingerprint density at radius 1 is 0.900 bits per heavy atom. The number of benzene rings is 2. The predicted octanol–water partition coefficient (Wildman–Crippen LogP) is 6.81. The van der Waals surface area contributed by atoms with Gasteiger partial charge in [0, 0.05) is 37.4 Å². The number of hydrogen-bond donors (Lipinski definition) is 3. The first kappa shape index (κ1) is 47.1. The van der Waals surface area contributed by atoms with E-state index in [1.807, 2.05) is 54.6 Å². The molecule has 4 bridgehead atoms. The van der Waals surface area contributed by atoms with Crippen LogP contribution in [0.5, 0.6) is 0 Å². The number of rotatable bonds is 11. The van der Waals surface area contributed by atoms with E-state index in [9.17, 15) is 29.7 Å². The van der Waals surface area contributed by atoms with Crippen molar-refractivity contribution in [3.8, 4) is 11.1 Å². The maximum absolute atomic E-state index is 13.4. The van der Waals surface area contributed by atoms with E-state index in [1.54, 1.807) is 26.0 Å². The molecule has 3 aliphatic rings. The van der Waals surface area contributed by atoms with Crippen LogP contribution >= 0.6 is 0 Å². The van der Waals surface area contributed by atoms with Crippen molar-refractivity contribution in [3.63, 3.8) is 0 Å². The third kappa shape index (κ3) is 13.3. The fourth-order valence-electron chi connectivity index (χ4n) is 7.88. The van der Waals surface area contributed by atoms with Gasteiger partial charge in [-0.1, -0.05) is 107 Å². The van der Waals surface area contributed by atoms with Crippen molar-refractivity contribution in [2.75, 3.05) is 26.9 Å². The highest BCUT2D eigenvalue weighted by atomic mass is 16.7. The zero-order valence-corrected chi connectivity index (χ0v) is 35.5. The number of aliphatic hydroxyl groups is 3. The zero-order chi connectivity index (χ0) is 43.1. The van der Waals surface area contributed by atoms with Crippen molar-refractivity contribution >= 4 is 17.9 Å². The van der Waals surface area contributed by atoms with E-state index in [0.29, 0.717) is 25.9 Å². The first-order chi connectivity index (χ1) is 28.8. The molecule has 60 heavy (non-hydrogen) atoms. The fourth-order valence-corrected chi connectivity index (χ4v) is 7.88. The lowest BCUT2D eigenvalue weighted by molar-refractivity contribution is -0.327. The molecule has 2 aromatic rings. The summed E-state index contributed by atoms with van der Waals surface area (Å²) in [5, 5.41) is 34.0. The van der Waals surface area contributed by atoms with Gasteiger partial charge in [-0.25, -0.2) is 4.79 Å². The van der Waals surface area contributed by atoms with Gasteiger partial charge in [0.2, 0.25) is 5.79 Å². The lowest BCUT2D eigenvalue weighted by Gasteiger charge is -2.51. The van der Waals surface area contributed by atoms with Gasteiger partial charge in [-0.2, -0.15) is 0 Å². The summed E-state index contributed by atoms with van der Waals surface area (Å²) in [5.41, 5.74) is 1.95. The number of carbonyl (C=O) groups excluding carboxylic acids is 3. The number of unbranched alkanes of at least 4 members (excludes halogenated alkanes) is 4. The normalized spacial score (nSPS) is 30.4. The lowest BCUT2D eigenvalue weighted by Crippen LogP contribution is -2.62. The van der Waals surface area contributed by atoms with Crippen LogP contribution in [0.25, 0.3) is 11.1 Å². The Hall–Kier alpha value is -3.95. The van der Waals surface area contributed by atoms with E-state index in [0.717, 1.165) is 42.4 Å². The summed E-state index contributed by atoms with van der Waals surface area (Å²) in [6.07, 6.45) is 3.81. The van der Waals surface area contributed by atoms with Crippen LogP contribution in [0.15, 0.2) is 78.4 Å². The molecule has 2 fully saturated rings. The molecule has 0 radical (unpaired) electrons. The summed E-state index contributed by atoms with van der Waals surface area (Å²) in [4.78, 5) is 39.3. The molecule has 2 saturated heterocycles. The van der Waals surface area contributed by atoms with Gasteiger partial charge in [0.15, 0.2) is 12.4 Å². The molecule has 0 aliphatic carbocycles. The van der Waals surface area contributed by atoms with Gasteiger partial charge in [-0.15, -0.1) is 0 Å². The van der Waals surface area contributed by atoms with Crippen LogP contribution in [0.4, 0.5) is 0 Å². The van der Waals surface area contributed by atoms with E-state index >= 15 is 0 Å². The molecule has 13 nitrogen and oxygen atoms in total. The molecule has 3 heterocycles. The molecular weight excluding hydrogens is 773 g/mol. The first-order valence-electron chi connectivity index (χ1n) is 21.4. The Kier molecular flexibility index (Phi) is 17.9. The average Bonchev–Trinajstić information content (AvgIpc) is 3.23. The van der Waals surface area contributed by atoms with Crippen LogP contribution < -0.4 is 0 Å². The number of esters is 3. The highest BCUT2D eigenvalue weighted by molar-refractivity contribution is 5.83. The molecule has 5 rings (SSSR count). The summed E-state index contributed by atoms with van der Waals surface area (Å²) < 4.78 is 41.9. The van der Waals surface area contributed by atoms with Gasteiger partial charge in [0.25, 0.3) is 0 Å². The number of hydrogen-bond acceptors (Lipinski definition) is 13. The smallest absolute Gasteiger partial charge is 0.330 e. The van der Waals surface area contributed by atoms with E-state index in [1.165, 1.54) is 13.2 Å². The van der Waals surface area contributed by atoms with Crippen molar-refractivity contribution < 1.29 is 62.9 Å². The molecule has 0 unspecified atom stereocenters. The van der Waals surface area contributed by atoms with Gasteiger partial charge in [0.1, 0.15) is 6.10 Å². The van der Waals surface area contributed by atoms with Crippen LogP contribution in [-0.2, 0) is 47.5 Å². The van der Waals surface area contributed by atoms with Crippen LogP contribution in [0.3, 0.4) is 0 Å². The van der Waals surface area contributed by atoms with E-state index in [4.69, 9.17) is 33.2 Å². The monoisotopic (exact) mass is 836 g/mol. The van der Waals surface area contributed by atoms with Crippen molar-refractivity contribution in [2.45, 2.75) is 147 Å². The van der Waals surface area contributed by atoms with Crippen molar-refractivity contribution in [3.05, 3.63) is 84.0 Å². The van der Waals surface area contributed by atoms with Gasteiger partial charge >= 0.3 is 17.9 Å². The second-order valence-corrected chi connectivity index (χ2v) is 16.5. The molecular formula is C47H64O13. The van der Waals surface area contributed by atoms with Gasteiger partial charge in [-0.3, -0.25) is 9.59 Å². The summed E-state index contributed by atoms with van der Waals surface area (Å²) in [5.74, 6) is -4.32. The van der Waals surface area contributed by atoms with Gasteiger partial charge in [0.05, 0.1) is 51.2 Å². The predicted molar refractivity (Wildman–Crippen MR) is 222 cm³/mol. The van der Waals surface area contributed by atoms with Gasteiger partial charge < -0.3 is 48.5 Å². The Morgan fingerprint density at radius 3 is 2.33 bits per heavy atom.